The average molecular weight is 363 g/mol. The molecule has 2 aromatic rings. The number of carbonyl (C=O) groups excluding carboxylic acids is 1. The predicted molar refractivity (Wildman–Crippen MR) is 102 cm³/mol. The molecule has 3 rings (SSSR count). The zero-order valence-electron chi connectivity index (χ0n) is 15.1. The summed E-state index contributed by atoms with van der Waals surface area (Å²) in [7, 11) is 1.98. The summed E-state index contributed by atoms with van der Waals surface area (Å²) >= 11 is 0. The Labute approximate surface area is 155 Å². The molecule has 1 amide bonds. The van der Waals surface area contributed by atoms with Crippen LogP contribution in [0.2, 0.25) is 0 Å². The normalized spacial score (nSPS) is 18.5. The number of aromatic nitrogens is 2. The molecule has 25 heavy (non-hydrogen) atoms. The number of piperazine rings is 1. The summed E-state index contributed by atoms with van der Waals surface area (Å²) in [5.74, 6) is 1.37. The number of aryl methyl sites for hydroxylation is 2. The standard InChI is InChI=1S/C19H26N4O.ClH/c1-14-6-4-5-7-16(14)15(2)12-18(24)23-11-8-20-13-17(23)19-21-9-10-22(19)3;/h4-7,9-10,15,17,20H,8,11-13H2,1-3H3;1H. The molecule has 1 N–H and O–H groups in total. The molecule has 2 unspecified atom stereocenters. The van der Waals surface area contributed by atoms with Crippen LogP contribution < -0.4 is 5.32 Å². The SMILES string of the molecule is Cc1ccccc1C(C)CC(=O)N1CCNCC1c1nccn1C.Cl. The highest BCUT2D eigenvalue weighted by Crippen LogP contribution is 2.27. The first-order valence-electron chi connectivity index (χ1n) is 8.61. The van der Waals surface area contributed by atoms with Crippen LogP contribution >= 0.6 is 12.4 Å². The Bertz CT molecular complexity index is 715. The van der Waals surface area contributed by atoms with Gasteiger partial charge >= 0.3 is 0 Å². The van der Waals surface area contributed by atoms with Gasteiger partial charge in [-0.1, -0.05) is 31.2 Å². The van der Waals surface area contributed by atoms with Crippen molar-refractivity contribution < 1.29 is 4.79 Å². The van der Waals surface area contributed by atoms with Crippen molar-refractivity contribution in [3.63, 3.8) is 0 Å². The molecule has 0 bridgehead atoms. The Kier molecular flexibility index (Phi) is 6.62. The van der Waals surface area contributed by atoms with Crippen molar-refractivity contribution in [3.05, 3.63) is 53.6 Å². The maximum atomic E-state index is 13.0. The lowest BCUT2D eigenvalue weighted by Crippen LogP contribution is -2.49. The van der Waals surface area contributed by atoms with Crippen LogP contribution in [-0.4, -0.2) is 40.0 Å². The summed E-state index contributed by atoms with van der Waals surface area (Å²) in [6, 6.07) is 8.33. The fraction of sp³-hybridized carbons (Fsp3) is 0.474. The van der Waals surface area contributed by atoms with E-state index in [4.69, 9.17) is 0 Å². The molecule has 136 valence electrons. The highest BCUT2D eigenvalue weighted by Gasteiger charge is 2.31. The van der Waals surface area contributed by atoms with Gasteiger partial charge in [-0.15, -0.1) is 12.4 Å². The van der Waals surface area contributed by atoms with Crippen molar-refractivity contribution in [2.75, 3.05) is 19.6 Å². The second-order valence-electron chi connectivity index (χ2n) is 6.67. The van der Waals surface area contributed by atoms with Crippen molar-refractivity contribution in [1.29, 1.82) is 0 Å². The van der Waals surface area contributed by atoms with Crippen LogP contribution in [-0.2, 0) is 11.8 Å². The molecule has 0 radical (unpaired) electrons. The molecule has 0 spiro atoms. The third-order valence-corrected chi connectivity index (χ3v) is 4.92. The number of hydrogen-bond donors (Lipinski definition) is 1. The number of carbonyl (C=O) groups is 1. The summed E-state index contributed by atoms with van der Waals surface area (Å²) < 4.78 is 2.00. The molecule has 1 fully saturated rings. The van der Waals surface area contributed by atoms with Gasteiger partial charge < -0.3 is 14.8 Å². The number of benzene rings is 1. The molecule has 1 aliphatic rings. The number of halogens is 1. The second-order valence-corrected chi connectivity index (χ2v) is 6.67. The minimum Gasteiger partial charge on any atom is -0.336 e. The predicted octanol–water partition coefficient (Wildman–Crippen LogP) is 2.82. The van der Waals surface area contributed by atoms with Gasteiger partial charge in [0.1, 0.15) is 11.9 Å². The molecule has 2 atom stereocenters. The number of amides is 1. The van der Waals surface area contributed by atoms with E-state index in [2.05, 4.69) is 36.3 Å². The van der Waals surface area contributed by atoms with Crippen molar-refractivity contribution in [2.24, 2.45) is 7.05 Å². The van der Waals surface area contributed by atoms with Gasteiger partial charge in [-0.25, -0.2) is 4.98 Å². The topological polar surface area (TPSA) is 50.2 Å². The average Bonchev–Trinajstić information content (AvgIpc) is 3.01. The van der Waals surface area contributed by atoms with Gasteiger partial charge in [0.25, 0.3) is 0 Å². The molecule has 1 aromatic heterocycles. The first-order chi connectivity index (χ1) is 11.6. The Morgan fingerprint density at radius 1 is 1.40 bits per heavy atom. The molecular formula is C19H27ClN4O. The van der Waals surface area contributed by atoms with E-state index in [9.17, 15) is 4.79 Å². The number of imidazole rings is 1. The van der Waals surface area contributed by atoms with E-state index < -0.39 is 0 Å². The van der Waals surface area contributed by atoms with Gasteiger partial charge in [0.2, 0.25) is 5.91 Å². The lowest BCUT2D eigenvalue weighted by atomic mass is 9.93. The number of nitrogens with one attached hydrogen (secondary N) is 1. The van der Waals surface area contributed by atoms with Crippen LogP contribution in [0.15, 0.2) is 36.7 Å². The van der Waals surface area contributed by atoms with Crippen LogP contribution in [0.4, 0.5) is 0 Å². The Hall–Kier alpha value is -1.85. The maximum absolute atomic E-state index is 13.0. The van der Waals surface area contributed by atoms with Crippen molar-refractivity contribution in [1.82, 2.24) is 19.8 Å². The number of nitrogens with zero attached hydrogens (tertiary/aromatic N) is 3. The van der Waals surface area contributed by atoms with E-state index in [1.165, 1.54) is 11.1 Å². The van der Waals surface area contributed by atoms with Crippen LogP contribution in [0.1, 0.15) is 42.3 Å². The Morgan fingerprint density at radius 3 is 2.84 bits per heavy atom. The van der Waals surface area contributed by atoms with Gasteiger partial charge in [0, 0.05) is 45.5 Å². The summed E-state index contributed by atoms with van der Waals surface area (Å²) in [4.78, 5) is 19.4. The molecule has 0 saturated carbocycles. The highest BCUT2D eigenvalue weighted by atomic mass is 35.5. The summed E-state index contributed by atoms with van der Waals surface area (Å²) in [6.07, 6.45) is 4.26. The fourth-order valence-electron chi connectivity index (χ4n) is 3.56. The molecule has 6 heteroatoms. The van der Waals surface area contributed by atoms with E-state index in [1.807, 2.05) is 34.8 Å². The van der Waals surface area contributed by atoms with Gasteiger partial charge in [-0.2, -0.15) is 0 Å². The van der Waals surface area contributed by atoms with E-state index >= 15 is 0 Å². The lowest BCUT2D eigenvalue weighted by molar-refractivity contribution is -0.135. The van der Waals surface area contributed by atoms with Gasteiger partial charge in [-0.05, 0) is 24.0 Å². The highest BCUT2D eigenvalue weighted by molar-refractivity contribution is 5.85. The van der Waals surface area contributed by atoms with Crippen LogP contribution in [0, 0.1) is 6.92 Å². The molecule has 1 saturated heterocycles. The molecule has 2 heterocycles. The Morgan fingerprint density at radius 2 is 2.16 bits per heavy atom. The molecule has 0 aliphatic carbocycles. The summed E-state index contributed by atoms with van der Waals surface area (Å²) in [5, 5.41) is 3.38. The van der Waals surface area contributed by atoms with Crippen LogP contribution in [0.5, 0.6) is 0 Å². The molecule has 1 aliphatic heterocycles. The van der Waals surface area contributed by atoms with Gasteiger partial charge in [0.15, 0.2) is 0 Å². The quantitative estimate of drug-likeness (QED) is 0.909. The van der Waals surface area contributed by atoms with Gasteiger partial charge in [0.05, 0.1) is 0 Å². The van der Waals surface area contributed by atoms with Crippen molar-refractivity contribution in [3.8, 4) is 0 Å². The molecular weight excluding hydrogens is 336 g/mol. The second kappa shape index (κ2) is 8.50. The van der Waals surface area contributed by atoms with E-state index in [-0.39, 0.29) is 30.3 Å². The zero-order chi connectivity index (χ0) is 17.1. The van der Waals surface area contributed by atoms with E-state index in [0.717, 1.165) is 25.5 Å². The Balaban J connectivity index is 0.00000225. The minimum absolute atomic E-state index is 0. The summed E-state index contributed by atoms with van der Waals surface area (Å²) in [5.41, 5.74) is 2.51. The lowest BCUT2D eigenvalue weighted by Gasteiger charge is -2.36. The van der Waals surface area contributed by atoms with E-state index in [0.29, 0.717) is 6.42 Å². The number of rotatable bonds is 4. The monoisotopic (exact) mass is 362 g/mol. The third kappa shape index (κ3) is 4.22. The molecule has 5 nitrogen and oxygen atoms in total. The first kappa shape index (κ1) is 19.5. The third-order valence-electron chi connectivity index (χ3n) is 4.92. The smallest absolute Gasteiger partial charge is 0.223 e. The number of hydrogen-bond acceptors (Lipinski definition) is 3. The first-order valence-corrected chi connectivity index (χ1v) is 8.61. The van der Waals surface area contributed by atoms with Crippen LogP contribution in [0.3, 0.4) is 0 Å². The van der Waals surface area contributed by atoms with Crippen molar-refractivity contribution >= 4 is 18.3 Å². The van der Waals surface area contributed by atoms with Crippen molar-refractivity contribution in [2.45, 2.75) is 32.2 Å². The maximum Gasteiger partial charge on any atom is 0.223 e. The minimum atomic E-state index is 0. The summed E-state index contributed by atoms with van der Waals surface area (Å²) in [6.45, 7) is 6.58. The fourth-order valence-corrected chi connectivity index (χ4v) is 3.56. The van der Waals surface area contributed by atoms with E-state index in [1.54, 1.807) is 6.20 Å². The largest absolute Gasteiger partial charge is 0.336 e. The van der Waals surface area contributed by atoms with Gasteiger partial charge in [-0.3, -0.25) is 4.79 Å². The zero-order valence-corrected chi connectivity index (χ0v) is 15.9. The van der Waals surface area contributed by atoms with Crippen LogP contribution in [0.25, 0.3) is 0 Å². The molecule has 1 aromatic carbocycles.